The Morgan fingerprint density at radius 3 is 2.76 bits per heavy atom. The Labute approximate surface area is 100 Å². The highest BCUT2D eigenvalue weighted by Gasteiger charge is 2.17. The van der Waals surface area contributed by atoms with E-state index in [1.54, 1.807) is 0 Å². The van der Waals surface area contributed by atoms with Crippen LogP contribution in [0.2, 0.25) is 0 Å². The molecule has 2 heterocycles. The molecule has 4 N–H and O–H groups in total. The van der Waals surface area contributed by atoms with Crippen molar-refractivity contribution in [1.29, 1.82) is 0 Å². The van der Waals surface area contributed by atoms with E-state index in [4.69, 9.17) is 11.5 Å². The SMILES string of the molecule is Nc1ccc(-c2cn3c(n2)CCC(N)C3)cc1. The number of imidazole rings is 1. The number of nitrogen functional groups attached to an aromatic ring is 1. The number of benzene rings is 1. The van der Waals surface area contributed by atoms with Gasteiger partial charge in [0.1, 0.15) is 5.82 Å². The zero-order valence-corrected chi connectivity index (χ0v) is 9.63. The third-order valence-corrected chi connectivity index (χ3v) is 3.24. The molecule has 1 unspecified atom stereocenters. The van der Waals surface area contributed by atoms with Crippen LogP contribution in [0.25, 0.3) is 11.3 Å². The zero-order valence-electron chi connectivity index (χ0n) is 9.63. The van der Waals surface area contributed by atoms with Gasteiger partial charge in [-0.2, -0.15) is 0 Å². The maximum atomic E-state index is 5.95. The second-order valence-corrected chi connectivity index (χ2v) is 4.62. The number of hydrogen-bond acceptors (Lipinski definition) is 3. The highest BCUT2D eigenvalue weighted by atomic mass is 15.1. The molecule has 0 fully saturated rings. The van der Waals surface area contributed by atoms with E-state index >= 15 is 0 Å². The Morgan fingerprint density at radius 1 is 1.24 bits per heavy atom. The average Bonchev–Trinajstić information content (AvgIpc) is 2.72. The summed E-state index contributed by atoms with van der Waals surface area (Å²) in [6, 6.07) is 8.07. The zero-order chi connectivity index (χ0) is 11.8. The van der Waals surface area contributed by atoms with Crippen molar-refractivity contribution in [2.75, 3.05) is 5.73 Å². The van der Waals surface area contributed by atoms with Gasteiger partial charge in [-0.3, -0.25) is 0 Å². The first kappa shape index (κ1) is 10.4. The summed E-state index contributed by atoms with van der Waals surface area (Å²) >= 11 is 0. The van der Waals surface area contributed by atoms with Crippen molar-refractivity contribution in [2.24, 2.45) is 5.73 Å². The minimum Gasteiger partial charge on any atom is -0.399 e. The van der Waals surface area contributed by atoms with E-state index < -0.39 is 0 Å². The highest BCUT2D eigenvalue weighted by molar-refractivity contribution is 5.61. The first-order valence-corrected chi connectivity index (χ1v) is 5.90. The molecule has 4 nitrogen and oxygen atoms in total. The molecule has 4 heteroatoms. The number of fused-ring (bicyclic) bond motifs is 1. The van der Waals surface area contributed by atoms with Crippen LogP contribution in [0.3, 0.4) is 0 Å². The standard InChI is InChI=1S/C13H16N4/c14-10-3-1-9(2-4-10)12-8-17-7-11(15)5-6-13(17)16-12/h1-4,8,11H,5-7,14-15H2. The summed E-state index contributed by atoms with van der Waals surface area (Å²) in [6.45, 7) is 0.872. The summed E-state index contributed by atoms with van der Waals surface area (Å²) in [5.74, 6) is 1.14. The predicted octanol–water partition coefficient (Wildman–Crippen LogP) is 1.41. The van der Waals surface area contributed by atoms with Gasteiger partial charge in [-0.05, 0) is 18.6 Å². The van der Waals surface area contributed by atoms with E-state index in [1.165, 1.54) is 0 Å². The minimum absolute atomic E-state index is 0.260. The van der Waals surface area contributed by atoms with Crippen molar-refractivity contribution in [3.05, 3.63) is 36.3 Å². The molecule has 0 spiro atoms. The molecule has 1 aliphatic rings. The van der Waals surface area contributed by atoms with Crippen molar-refractivity contribution < 1.29 is 0 Å². The molecule has 0 bridgehead atoms. The predicted molar refractivity (Wildman–Crippen MR) is 68.4 cm³/mol. The number of nitrogens with two attached hydrogens (primary N) is 2. The van der Waals surface area contributed by atoms with E-state index in [0.717, 1.165) is 42.2 Å². The van der Waals surface area contributed by atoms with Crippen LogP contribution >= 0.6 is 0 Å². The van der Waals surface area contributed by atoms with E-state index in [0.29, 0.717) is 0 Å². The smallest absolute Gasteiger partial charge is 0.109 e. The molecule has 0 aliphatic carbocycles. The van der Waals surface area contributed by atoms with Crippen molar-refractivity contribution in [3.8, 4) is 11.3 Å². The third kappa shape index (κ3) is 1.91. The second kappa shape index (κ2) is 3.89. The van der Waals surface area contributed by atoms with E-state index in [2.05, 4.69) is 15.7 Å². The van der Waals surface area contributed by atoms with E-state index in [-0.39, 0.29) is 6.04 Å². The second-order valence-electron chi connectivity index (χ2n) is 4.62. The summed E-state index contributed by atoms with van der Waals surface area (Å²) in [4.78, 5) is 4.65. The molecule has 1 aromatic heterocycles. The summed E-state index contributed by atoms with van der Waals surface area (Å²) in [5.41, 5.74) is 14.5. The van der Waals surface area contributed by atoms with Crippen molar-refractivity contribution >= 4 is 5.69 Å². The lowest BCUT2D eigenvalue weighted by molar-refractivity contribution is 0.453. The van der Waals surface area contributed by atoms with Gasteiger partial charge in [-0.1, -0.05) is 12.1 Å². The highest BCUT2D eigenvalue weighted by Crippen LogP contribution is 2.22. The van der Waals surface area contributed by atoms with Crippen LogP contribution < -0.4 is 11.5 Å². The van der Waals surface area contributed by atoms with Gasteiger partial charge < -0.3 is 16.0 Å². The molecule has 17 heavy (non-hydrogen) atoms. The minimum atomic E-state index is 0.260. The molecule has 0 radical (unpaired) electrons. The van der Waals surface area contributed by atoms with Crippen LogP contribution in [-0.2, 0) is 13.0 Å². The van der Waals surface area contributed by atoms with Gasteiger partial charge in [0.25, 0.3) is 0 Å². The van der Waals surface area contributed by atoms with E-state index in [9.17, 15) is 0 Å². The molecule has 1 aromatic carbocycles. The average molecular weight is 228 g/mol. The fourth-order valence-corrected chi connectivity index (χ4v) is 2.26. The summed E-state index contributed by atoms with van der Waals surface area (Å²) in [6.07, 6.45) is 4.08. The first-order chi connectivity index (χ1) is 8.22. The van der Waals surface area contributed by atoms with Gasteiger partial charge in [-0.15, -0.1) is 0 Å². The molecule has 0 saturated carbocycles. The van der Waals surface area contributed by atoms with Crippen LogP contribution in [0.15, 0.2) is 30.5 Å². The van der Waals surface area contributed by atoms with Crippen LogP contribution in [0.1, 0.15) is 12.2 Å². The summed E-state index contributed by atoms with van der Waals surface area (Å²) in [7, 11) is 0. The lowest BCUT2D eigenvalue weighted by Gasteiger charge is -2.19. The molecule has 1 atom stereocenters. The fraction of sp³-hybridized carbons (Fsp3) is 0.308. The number of aryl methyl sites for hydroxylation is 1. The number of hydrogen-bond donors (Lipinski definition) is 2. The van der Waals surface area contributed by atoms with Crippen molar-refractivity contribution in [1.82, 2.24) is 9.55 Å². The number of rotatable bonds is 1. The lowest BCUT2D eigenvalue weighted by atomic mass is 10.1. The quantitative estimate of drug-likeness (QED) is 0.725. The van der Waals surface area contributed by atoms with Gasteiger partial charge in [0.2, 0.25) is 0 Å². The molecular weight excluding hydrogens is 212 g/mol. The summed E-state index contributed by atoms with van der Waals surface area (Å²) in [5, 5.41) is 0. The molecule has 0 amide bonds. The maximum Gasteiger partial charge on any atom is 0.109 e. The molecule has 88 valence electrons. The van der Waals surface area contributed by atoms with Gasteiger partial charge in [0, 0.05) is 36.5 Å². The van der Waals surface area contributed by atoms with Crippen LogP contribution in [0, 0.1) is 0 Å². The van der Waals surface area contributed by atoms with Gasteiger partial charge in [-0.25, -0.2) is 4.98 Å². The Hall–Kier alpha value is -1.81. The monoisotopic (exact) mass is 228 g/mol. The maximum absolute atomic E-state index is 5.95. The number of nitrogens with zero attached hydrogens (tertiary/aromatic N) is 2. The molecular formula is C13H16N4. The molecule has 0 saturated heterocycles. The van der Waals surface area contributed by atoms with Crippen LogP contribution in [-0.4, -0.2) is 15.6 Å². The molecule has 2 aromatic rings. The first-order valence-electron chi connectivity index (χ1n) is 5.90. The molecule has 1 aliphatic heterocycles. The van der Waals surface area contributed by atoms with Crippen molar-refractivity contribution in [3.63, 3.8) is 0 Å². The lowest BCUT2D eigenvalue weighted by Crippen LogP contribution is -2.31. The Kier molecular flexibility index (Phi) is 2.37. The van der Waals surface area contributed by atoms with Gasteiger partial charge in [0.15, 0.2) is 0 Å². The fourth-order valence-electron chi connectivity index (χ4n) is 2.26. The van der Waals surface area contributed by atoms with Crippen LogP contribution in [0.5, 0.6) is 0 Å². The topological polar surface area (TPSA) is 69.9 Å². The Bertz CT molecular complexity index is 527. The largest absolute Gasteiger partial charge is 0.399 e. The summed E-state index contributed by atoms with van der Waals surface area (Å²) < 4.78 is 2.17. The van der Waals surface area contributed by atoms with E-state index in [1.807, 2.05) is 24.3 Å². The third-order valence-electron chi connectivity index (χ3n) is 3.24. The van der Waals surface area contributed by atoms with Crippen molar-refractivity contribution in [2.45, 2.75) is 25.4 Å². The van der Waals surface area contributed by atoms with Gasteiger partial charge >= 0.3 is 0 Å². The number of aromatic nitrogens is 2. The Balaban J connectivity index is 1.97. The van der Waals surface area contributed by atoms with Crippen LogP contribution in [0.4, 0.5) is 5.69 Å². The van der Waals surface area contributed by atoms with Gasteiger partial charge in [0.05, 0.1) is 5.69 Å². The normalized spacial score (nSPS) is 19.0. The molecule has 3 rings (SSSR count). The Morgan fingerprint density at radius 2 is 2.00 bits per heavy atom. The number of anilines is 1.